The largest absolute Gasteiger partial charge is 0.508 e. The number of para-hydroxylation sites is 1. The van der Waals surface area contributed by atoms with Gasteiger partial charge >= 0.3 is 0 Å². The molecular formula is C14H12N2O2. The Bertz CT molecular complexity index is 704. The molecule has 0 bridgehead atoms. The van der Waals surface area contributed by atoms with Crippen molar-refractivity contribution in [1.29, 1.82) is 0 Å². The van der Waals surface area contributed by atoms with Crippen LogP contribution < -0.4 is 0 Å². The number of benzene rings is 1. The van der Waals surface area contributed by atoms with Crippen molar-refractivity contribution in [2.75, 3.05) is 0 Å². The van der Waals surface area contributed by atoms with Crippen LogP contribution in [0.15, 0.2) is 48.8 Å². The molecule has 2 heterocycles. The highest BCUT2D eigenvalue weighted by molar-refractivity contribution is 5.49. The van der Waals surface area contributed by atoms with Gasteiger partial charge in [-0.15, -0.1) is 0 Å². The number of aromatic nitrogens is 2. The average Bonchev–Trinajstić information content (AvgIpc) is 2.75. The van der Waals surface area contributed by atoms with Gasteiger partial charge in [0.05, 0.1) is 17.9 Å². The fourth-order valence-corrected chi connectivity index (χ4v) is 1.99. The average molecular weight is 240 g/mol. The lowest BCUT2D eigenvalue weighted by atomic mass is 10.1. The van der Waals surface area contributed by atoms with Crippen molar-refractivity contribution >= 4 is 5.52 Å². The highest BCUT2D eigenvalue weighted by Gasteiger charge is 2.07. The fourth-order valence-electron chi connectivity index (χ4n) is 1.99. The zero-order chi connectivity index (χ0) is 12.5. The Morgan fingerprint density at radius 2 is 1.89 bits per heavy atom. The molecule has 0 radical (unpaired) electrons. The van der Waals surface area contributed by atoms with Gasteiger partial charge in [0.1, 0.15) is 17.3 Å². The maximum Gasteiger partial charge on any atom is 0.132 e. The zero-order valence-corrected chi connectivity index (χ0v) is 9.61. The van der Waals surface area contributed by atoms with Gasteiger partial charge in [-0.25, -0.2) is 4.98 Å². The van der Waals surface area contributed by atoms with Crippen LogP contribution in [0.25, 0.3) is 5.52 Å². The van der Waals surface area contributed by atoms with Crippen LogP contribution in [0, 0.1) is 0 Å². The molecule has 0 saturated heterocycles. The van der Waals surface area contributed by atoms with Crippen LogP contribution in [0.2, 0.25) is 0 Å². The van der Waals surface area contributed by atoms with E-state index in [1.807, 2.05) is 16.5 Å². The molecule has 2 aromatic heterocycles. The first-order chi connectivity index (χ1) is 8.74. The van der Waals surface area contributed by atoms with Gasteiger partial charge in [0.15, 0.2) is 0 Å². The molecule has 0 aliphatic carbocycles. The van der Waals surface area contributed by atoms with Crippen molar-refractivity contribution in [3.8, 4) is 11.5 Å². The highest BCUT2D eigenvalue weighted by atomic mass is 16.3. The van der Waals surface area contributed by atoms with E-state index < -0.39 is 0 Å². The van der Waals surface area contributed by atoms with Gasteiger partial charge in [-0.1, -0.05) is 18.2 Å². The van der Waals surface area contributed by atoms with Crippen molar-refractivity contribution in [3.63, 3.8) is 0 Å². The Labute approximate surface area is 104 Å². The summed E-state index contributed by atoms with van der Waals surface area (Å²) in [6.45, 7) is 0. The van der Waals surface area contributed by atoms with Crippen molar-refractivity contribution in [3.05, 3.63) is 60.2 Å². The summed E-state index contributed by atoms with van der Waals surface area (Å²) in [6.07, 6.45) is 3.89. The molecule has 4 heteroatoms. The Balaban J connectivity index is 2.05. The third kappa shape index (κ3) is 1.78. The molecule has 0 unspecified atom stereocenters. The second kappa shape index (κ2) is 4.07. The number of pyridine rings is 1. The van der Waals surface area contributed by atoms with E-state index in [0.717, 1.165) is 16.9 Å². The smallest absolute Gasteiger partial charge is 0.132 e. The number of fused-ring (bicyclic) bond motifs is 1. The normalized spacial score (nSPS) is 10.9. The molecule has 1 aromatic carbocycles. The number of phenols is 1. The van der Waals surface area contributed by atoms with Crippen LogP contribution in [-0.4, -0.2) is 19.6 Å². The minimum absolute atomic E-state index is 0.194. The summed E-state index contributed by atoms with van der Waals surface area (Å²) in [5.41, 5.74) is 1.73. The Kier molecular flexibility index (Phi) is 2.41. The number of rotatable bonds is 2. The van der Waals surface area contributed by atoms with Gasteiger partial charge in [-0.2, -0.15) is 0 Å². The molecule has 0 spiro atoms. The second-order valence-corrected chi connectivity index (χ2v) is 4.16. The number of aromatic hydroxyl groups is 2. The van der Waals surface area contributed by atoms with Crippen LogP contribution in [-0.2, 0) is 6.42 Å². The van der Waals surface area contributed by atoms with Gasteiger partial charge < -0.3 is 10.2 Å². The topological polar surface area (TPSA) is 57.8 Å². The number of phenolic OH excluding ortho intramolecular Hbond substituents is 1. The first-order valence-electron chi connectivity index (χ1n) is 5.66. The summed E-state index contributed by atoms with van der Waals surface area (Å²) in [7, 11) is 0. The number of nitrogens with zero attached hydrogens (tertiary/aromatic N) is 2. The predicted octanol–water partition coefficient (Wildman–Crippen LogP) is 2.34. The van der Waals surface area contributed by atoms with Gasteiger partial charge in [0.25, 0.3) is 0 Å². The third-order valence-electron chi connectivity index (χ3n) is 2.93. The van der Waals surface area contributed by atoms with Crippen LogP contribution in [0.4, 0.5) is 0 Å². The quantitative estimate of drug-likeness (QED) is 0.722. The lowest BCUT2D eigenvalue weighted by Gasteiger charge is -2.04. The van der Waals surface area contributed by atoms with E-state index in [9.17, 15) is 10.2 Å². The van der Waals surface area contributed by atoms with E-state index in [2.05, 4.69) is 4.98 Å². The summed E-state index contributed by atoms with van der Waals surface area (Å²) in [5.74, 6) is 1.23. The molecule has 0 fully saturated rings. The van der Waals surface area contributed by atoms with E-state index in [4.69, 9.17) is 0 Å². The van der Waals surface area contributed by atoms with E-state index in [-0.39, 0.29) is 11.5 Å². The molecule has 2 N–H and O–H groups in total. The van der Waals surface area contributed by atoms with Crippen molar-refractivity contribution < 1.29 is 10.2 Å². The summed E-state index contributed by atoms with van der Waals surface area (Å²) >= 11 is 0. The molecule has 0 aliphatic rings. The summed E-state index contributed by atoms with van der Waals surface area (Å²) in [5, 5.41) is 19.2. The first kappa shape index (κ1) is 10.7. The van der Waals surface area contributed by atoms with Crippen LogP contribution in [0.1, 0.15) is 11.4 Å². The van der Waals surface area contributed by atoms with E-state index in [0.29, 0.717) is 6.42 Å². The van der Waals surface area contributed by atoms with Gasteiger partial charge in [0.2, 0.25) is 0 Å². The summed E-state index contributed by atoms with van der Waals surface area (Å²) in [6, 6.07) is 10.6. The standard InChI is InChI=1S/C14H12N2O2/c17-12-6-5-11-8-15-14(16(11)9-12)7-10-3-1-2-4-13(10)18/h1-6,8-9,17-18H,7H2. The van der Waals surface area contributed by atoms with E-state index in [1.165, 1.54) is 0 Å². The monoisotopic (exact) mass is 240 g/mol. The maximum atomic E-state index is 9.75. The van der Waals surface area contributed by atoms with Crippen molar-refractivity contribution in [2.24, 2.45) is 0 Å². The Morgan fingerprint density at radius 3 is 2.72 bits per heavy atom. The summed E-state index contributed by atoms with van der Waals surface area (Å²) in [4.78, 5) is 4.31. The van der Waals surface area contributed by atoms with E-state index in [1.54, 1.807) is 36.7 Å². The molecule has 3 rings (SSSR count). The van der Waals surface area contributed by atoms with Gasteiger partial charge in [0, 0.05) is 12.0 Å². The first-order valence-corrected chi connectivity index (χ1v) is 5.66. The van der Waals surface area contributed by atoms with Crippen molar-refractivity contribution in [2.45, 2.75) is 6.42 Å². The molecule has 0 aliphatic heterocycles. The summed E-state index contributed by atoms with van der Waals surface area (Å²) < 4.78 is 1.82. The minimum Gasteiger partial charge on any atom is -0.508 e. The number of imidazole rings is 1. The van der Waals surface area contributed by atoms with Crippen LogP contribution >= 0.6 is 0 Å². The molecule has 18 heavy (non-hydrogen) atoms. The van der Waals surface area contributed by atoms with Crippen LogP contribution in [0.3, 0.4) is 0 Å². The highest BCUT2D eigenvalue weighted by Crippen LogP contribution is 2.21. The molecule has 3 aromatic rings. The van der Waals surface area contributed by atoms with Crippen molar-refractivity contribution in [1.82, 2.24) is 9.38 Å². The number of hydrogen-bond donors (Lipinski definition) is 2. The molecule has 0 saturated carbocycles. The minimum atomic E-state index is 0.194. The molecule has 0 amide bonds. The lowest BCUT2D eigenvalue weighted by molar-refractivity contribution is 0.468. The van der Waals surface area contributed by atoms with Gasteiger partial charge in [-0.3, -0.25) is 4.40 Å². The lowest BCUT2D eigenvalue weighted by Crippen LogP contribution is -1.96. The van der Waals surface area contributed by atoms with Crippen LogP contribution in [0.5, 0.6) is 11.5 Å². The van der Waals surface area contributed by atoms with E-state index >= 15 is 0 Å². The second-order valence-electron chi connectivity index (χ2n) is 4.16. The van der Waals surface area contributed by atoms with Gasteiger partial charge in [-0.05, 0) is 18.2 Å². The Morgan fingerprint density at radius 1 is 1.06 bits per heavy atom. The fraction of sp³-hybridized carbons (Fsp3) is 0.0714. The predicted molar refractivity (Wildman–Crippen MR) is 67.8 cm³/mol. The Hall–Kier alpha value is -2.49. The zero-order valence-electron chi connectivity index (χ0n) is 9.61. The molecule has 0 atom stereocenters. The molecular weight excluding hydrogens is 228 g/mol. The number of hydrogen-bond acceptors (Lipinski definition) is 3. The molecule has 90 valence electrons. The maximum absolute atomic E-state index is 9.75. The molecule has 4 nitrogen and oxygen atoms in total. The third-order valence-corrected chi connectivity index (χ3v) is 2.93. The SMILES string of the molecule is Oc1ccc2cnc(Cc3ccccc3O)n2c1.